The molecule has 70 valence electrons. The molecule has 0 fully saturated rings. The van der Waals surface area contributed by atoms with Gasteiger partial charge in [0.05, 0.1) is 6.26 Å². The van der Waals surface area contributed by atoms with E-state index in [1.165, 1.54) is 19.1 Å². The van der Waals surface area contributed by atoms with Gasteiger partial charge in [0, 0.05) is 6.42 Å². The Kier molecular flexibility index (Phi) is 7.76. The summed E-state index contributed by atoms with van der Waals surface area (Å²) in [7, 11) is 0. The van der Waals surface area contributed by atoms with E-state index in [0.29, 0.717) is 6.42 Å². The van der Waals surface area contributed by atoms with Gasteiger partial charge in [0.25, 0.3) is 0 Å². The molecular formula is C10H18O2. The van der Waals surface area contributed by atoms with E-state index in [4.69, 9.17) is 4.74 Å². The molecule has 0 N–H and O–H groups in total. The molecule has 0 saturated heterocycles. The number of hydrogen-bond acceptors (Lipinski definition) is 2. The molecule has 0 aromatic rings. The molecule has 0 bridgehead atoms. The maximum Gasteiger partial charge on any atom is 0.310 e. The van der Waals surface area contributed by atoms with Crippen molar-refractivity contribution >= 4 is 5.97 Å². The van der Waals surface area contributed by atoms with Crippen LogP contribution in [0, 0.1) is 0 Å². The summed E-state index contributed by atoms with van der Waals surface area (Å²) in [6, 6.07) is 0. The van der Waals surface area contributed by atoms with E-state index in [0.717, 1.165) is 12.8 Å². The Hall–Kier alpha value is -0.790. The van der Waals surface area contributed by atoms with Crippen LogP contribution in [0.5, 0.6) is 0 Å². The maximum absolute atomic E-state index is 10.9. The molecule has 0 rings (SSSR count). The second-order valence-corrected chi connectivity index (χ2v) is 2.77. The largest absolute Gasteiger partial charge is 0.435 e. The minimum absolute atomic E-state index is 0.121. The highest BCUT2D eigenvalue weighted by Crippen LogP contribution is 2.03. The topological polar surface area (TPSA) is 26.3 Å². The maximum atomic E-state index is 10.9. The lowest BCUT2D eigenvalue weighted by Crippen LogP contribution is -1.98. The Morgan fingerprint density at radius 1 is 1.33 bits per heavy atom. The predicted octanol–water partition coefficient (Wildman–Crippen LogP) is 3.03. The Bertz CT molecular complexity index is 139. The van der Waals surface area contributed by atoms with Crippen molar-refractivity contribution in [3.05, 3.63) is 12.3 Å². The zero-order chi connectivity index (χ0) is 9.23. The Morgan fingerprint density at radius 3 is 2.67 bits per heavy atom. The average Bonchev–Trinajstić information content (AvgIpc) is 2.09. The number of rotatable bonds is 6. The summed E-state index contributed by atoms with van der Waals surface area (Å²) in [5.74, 6) is -0.121. The molecule has 0 aliphatic heterocycles. The normalized spacial score (nSPS) is 10.5. The van der Waals surface area contributed by atoms with Gasteiger partial charge in [0.15, 0.2) is 0 Å². The molecule has 0 aromatic carbocycles. The molecule has 2 heteroatoms. The second-order valence-electron chi connectivity index (χ2n) is 2.77. The third-order valence-electron chi connectivity index (χ3n) is 1.57. The van der Waals surface area contributed by atoms with Crippen LogP contribution in [0.4, 0.5) is 0 Å². The SMILES string of the molecule is CC=COC(=O)CCCCCC. The third kappa shape index (κ3) is 7.32. The molecule has 0 unspecified atom stereocenters. The molecule has 0 saturated carbocycles. The van der Waals surface area contributed by atoms with Crippen LogP contribution in [0.2, 0.25) is 0 Å². The van der Waals surface area contributed by atoms with Gasteiger partial charge < -0.3 is 4.74 Å². The van der Waals surface area contributed by atoms with Crippen molar-refractivity contribution in [2.75, 3.05) is 0 Å². The van der Waals surface area contributed by atoms with Crippen LogP contribution >= 0.6 is 0 Å². The highest BCUT2D eigenvalue weighted by atomic mass is 16.5. The number of carbonyl (C=O) groups is 1. The predicted molar refractivity (Wildman–Crippen MR) is 49.7 cm³/mol. The summed E-state index contributed by atoms with van der Waals surface area (Å²) in [6.07, 6.45) is 8.17. The number of ether oxygens (including phenoxy) is 1. The van der Waals surface area contributed by atoms with E-state index in [2.05, 4.69) is 6.92 Å². The Balaban J connectivity index is 3.20. The van der Waals surface area contributed by atoms with Crippen LogP contribution < -0.4 is 0 Å². The summed E-state index contributed by atoms with van der Waals surface area (Å²) in [6.45, 7) is 3.97. The molecule has 0 heterocycles. The van der Waals surface area contributed by atoms with Crippen molar-refractivity contribution in [2.45, 2.75) is 46.0 Å². The summed E-state index contributed by atoms with van der Waals surface area (Å²) < 4.78 is 4.75. The number of allylic oxidation sites excluding steroid dienone is 1. The van der Waals surface area contributed by atoms with Crippen molar-refractivity contribution in [3.63, 3.8) is 0 Å². The summed E-state index contributed by atoms with van der Waals surface area (Å²) in [5, 5.41) is 0. The minimum Gasteiger partial charge on any atom is -0.435 e. The highest BCUT2D eigenvalue weighted by Gasteiger charge is 1.98. The van der Waals surface area contributed by atoms with Gasteiger partial charge >= 0.3 is 5.97 Å². The van der Waals surface area contributed by atoms with Gasteiger partial charge in [0.1, 0.15) is 0 Å². The number of unbranched alkanes of at least 4 members (excludes halogenated alkanes) is 3. The first-order valence-electron chi connectivity index (χ1n) is 4.62. The fourth-order valence-corrected chi connectivity index (χ4v) is 0.899. The molecule has 0 amide bonds. The molecule has 0 aliphatic carbocycles. The number of carbonyl (C=O) groups excluding carboxylic acids is 1. The van der Waals surface area contributed by atoms with Gasteiger partial charge in [-0.2, -0.15) is 0 Å². The smallest absolute Gasteiger partial charge is 0.310 e. The molecular weight excluding hydrogens is 152 g/mol. The van der Waals surface area contributed by atoms with Gasteiger partial charge in [-0.3, -0.25) is 4.79 Å². The third-order valence-corrected chi connectivity index (χ3v) is 1.57. The van der Waals surface area contributed by atoms with Crippen LogP contribution in [0.15, 0.2) is 12.3 Å². The quantitative estimate of drug-likeness (QED) is 0.348. The van der Waals surface area contributed by atoms with Crippen molar-refractivity contribution in [2.24, 2.45) is 0 Å². The summed E-state index contributed by atoms with van der Waals surface area (Å²) >= 11 is 0. The molecule has 0 atom stereocenters. The van der Waals surface area contributed by atoms with E-state index in [-0.39, 0.29) is 5.97 Å². The molecule has 0 aliphatic rings. The van der Waals surface area contributed by atoms with E-state index in [9.17, 15) is 4.79 Å². The van der Waals surface area contributed by atoms with E-state index in [1.54, 1.807) is 6.08 Å². The minimum atomic E-state index is -0.121. The van der Waals surface area contributed by atoms with Crippen molar-refractivity contribution in [1.82, 2.24) is 0 Å². The van der Waals surface area contributed by atoms with Crippen molar-refractivity contribution in [1.29, 1.82) is 0 Å². The molecule has 0 spiro atoms. The standard InChI is InChI=1S/C10H18O2/c1-3-5-6-7-8-10(11)12-9-4-2/h4,9H,3,5-8H2,1-2H3. The van der Waals surface area contributed by atoms with Gasteiger partial charge in [-0.05, 0) is 13.3 Å². The Morgan fingerprint density at radius 2 is 2.08 bits per heavy atom. The zero-order valence-electron chi connectivity index (χ0n) is 8.01. The zero-order valence-corrected chi connectivity index (χ0v) is 8.01. The molecule has 12 heavy (non-hydrogen) atoms. The highest BCUT2D eigenvalue weighted by molar-refractivity contribution is 5.69. The van der Waals surface area contributed by atoms with Crippen LogP contribution in [0.25, 0.3) is 0 Å². The van der Waals surface area contributed by atoms with Crippen LogP contribution in [0.3, 0.4) is 0 Å². The fraction of sp³-hybridized carbons (Fsp3) is 0.700. The van der Waals surface area contributed by atoms with E-state index >= 15 is 0 Å². The van der Waals surface area contributed by atoms with Crippen LogP contribution in [-0.2, 0) is 9.53 Å². The lowest BCUT2D eigenvalue weighted by Gasteiger charge is -1.98. The van der Waals surface area contributed by atoms with Gasteiger partial charge in [-0.1, -0.05) is 32.3 Å². The lowest BCUT2D eigenvalue weighted by atomic mass is 10.2. The first-order valence-corrected chi connectivity index (χ1v) is 4.62. The second kappa shape index (κ2) is 8.31. The number of esters is 1. The van der Waals surface area contributed by atoms with Crippen LogP contribution in [-0.4, -0.2) is 5.97 Å². The van der Waals surface area contributed by atoms with E-state index in [1.807, 2.05) is 6.92 Å². The van der Waals surface area contributed by atoms with Gasteiger partial charge in [-0.15, -0.1) is 0 Å². The molecule has 0 aromatic heterocycles. The van der Waals surface area contributed by atoms with Gasteiger partial charge in [0.2, 0.25) is 0 Å². The number of hydrogen-bond donors (Lipinski definition) is 0. The monoisotopic (exact) mass is 170 g/mol. The first-order chi connectivity index (χ1) is 5.81. The average molecular weight is 170 g/mol. The first kappa shape index (κ1) is 11.2. The van der Waals surface area contributed by atoms with Crippen molar-refractivity contribution in [3.8, 4) is 0 Å². The summed E-state index contributed by atoms with van der Waals surface area (Å²) in [5.41, 5.74) is 0. The summed E-state index contributed by atoms with van der Waals surface area (Å²) in [4.78, 5) is 10.9. The Labute approximate surface area is 74.6 Å². The lowest BCUT2D eigenvalue weighted by molar-refractivity contribution is -0.138. The molecule has 0 radical (unpaired) electrons. The van der Waals surface area contributed by atoms with Gasteiger partial charge in [-0.25, -0.2) is 0 Å². The fourth-order valence-electron chi connectivity index (χ4n) is 0.899. The van der Waals surface area contributed by atoms with Crippen LogP contribution in [0.1, 0.15) is 46.0 Å². The van der Waals surface area contributed by atoms with E-state index < -0.39 is 0 Å². The van der Waals surface area contributed by atoms with Crippen molar-refractivity contribution < 1.29 is 9.53 Å². The molecule has 2 nitrogen and oxygen atoms in total.